The molecular weight excluding hydrogens is 329 g/mol. The Balaban J connectivity index is 1.46. The fraction of sp³-hybridized carbons (Fsp3) is 0.333. The fourth-order valence-electron chi connectivity index (χ4n) is 3.78. The Kier molecular flexibility index (Phi) is 4.32. The number of likely N-dealkylation sites (tertiary alicyclic amines) is 1. The molecule has 0 saturated carbocycles. The van der Waals surface area contributed by atoms with E-state index in [1.165, 1.54) is 23.3 Å². The third-order valence-corrected chi connectivity index (χ3v) is 5.16. The van der Waals surface area contributed by atoms with Crippen LogP contribution in [-0.4, -0.2) is 35.3 Å². The SMILES string of the molecule is Cc1cccc(CN2CCC3(CC2)N=C(c2cccc(F)c2)C(=O)N3)c1. The predicted octanol–water partition coefficient (Wildman–Crippen LogP) is 3.05. The summed E-state index contributed by atoms with van der Waals surface area (Å²) in [7, 11) is 0. The number of rotatable bonds is 3. The minimum atomic E-state index is -0.540. The van der Waals surface area contributed by atoms with Crippen LogP contribution in [0.2, 0.25) is 0 Å². The normalized spacial score (nSPS) is 19.5. The number of amides is 1. The van der Waals surface area contributed by atoms with Crippen molar-refractivity contribution in [3.05, 3.63) is 71.0 Å². The van der Waals surface area contributed by atoms with Gasteiger partial charge in [-0.25, -0.2) is 4.39 Å². The van der Waals surface area contributed by atoms with E-state index in [2.05, 4.69) is 46.4 Å². The number of nitrogens with one attached hydrogen (secondary N) is 1. The lowest BCUT2D eigenvalue weighted by molar-refractivity contribution is -0.115. The average Bonchev–Trinajstić information content (AvgIpc) is 2.94. The molecule has 1 saturated heterocycles. The van der Waals surface area contributed by atoms with Gasteiger partial charge in [-0.15, -0.1) is 0 Å². The molecule has 0 unspecified atom stereocenters. The van der Waals surface area contributed by atoms with Crippen LogP contribution in [0.25, 0.3) is 0 Å². The van der Waals surface area contributed by atoms with Gasteiger partial charge in [0.2, 0.25) is 0 Å². The van der Waals surface area contributed by atoms with Crippen LogP contribution in [-0.2, 0) is 11.3 Å². The molecule has 2 aromatic rings. The van der Waals surface area contributed by atoms with Gasteiger partial charge in [-0.2, -0.15) is 0 Å². The summed E-state index contributed by atoms with van der Waals surface area (Å²) in [6.45, 7) is 4.75. The van der Waals surface area contributed by atoms with Crippen LogP contribution < -0.4 is 5.32 Å². The van der Waals surface area contributed by atoms with Gasteiger partial charge in [-0.05, 0) is 24.6 Å². The Morgan fingerprint density at radius 1 is 1.15 bits per heavy atom. The first-order chi connectivity index (χ1) is 12.5. The lowest BCUT2D eigenvalue weighted by Gasteiger charge is -2.37. The van der Waals surface area contributed by atoms with Crippen LogP contribution in [0.1, 0.15) is 29.5 Å². The molecule has 2 heterocycles. The molecule has 2 aliphatic heterocycles. The second-order valence-electron chi connectivity index (χ2n) is 7.22. The predicted molar refractivity (Wildman–Crippen MR) is 99.5 cm³/mol. The third kappa shape index (κ3) is 3.40. The topological polar surface area (TPSA) is 44.7 Å². The molecule has 0 atom stereocenters. The quantitative estimate of drug-likeness (QED) is 0.924. The molecule has 134 valence electrons. The van der Waals surface area contributed by atoms with E-state index in [-0.39, 0.29) is 11.7 Å². The molecule has 1 N–H and O–H groups in total. The van der Waals surface area contributed by atoms with Crippen molar-refractivity contribution in [1.82, 2.24) is 10.2 Å². The molecule has 0 aliphatic carbocycles. The minimum absolute atomic E-state index is 0.206. The highest BCUT2D eigenvalue weighted by Crippen LogP contribution is 2.29. The van der Waals surface area contributed by atoms with Gasteiger partial charge in [0, 0.05) is 38.0 Å². The van der Waals surface area contributed by atoms with Gasteiger partial charge >= 0.3 is 0 Å². The molecule has 0 radical (unpaired) electrons. The molecule has 1 amide bonds. The van der Waals surface area contributed by atoms with Crippen molar-refractivity contribution in [1.29, 1.82) is 0 Å². The Morgan fingerprint density at radius 2 is 1.92 bits per heavy atom. The lowest BCUT2D eigenvalue weighted by atomic mass is 9.97. The zero-order chi connectivity index (χ0) is 18.1. The van der Waals surface area contributed by atoms with E-state index in [0.717, 1.165) is 32.5 Å². The molecule has 1 fully saturated rings. The minimum Gasteiger partial charge on any atom is -0.326 e. The van der Waals surface area contributed by atoms with Crippen LogP contribution in [0.3, 0.4) is 0 Å². The molecule has 4 rings (SSSR count). The highest BCUT2D eigenvalue weighted by Gasteiger charge is 2.42. The van der Waals surface area contributed by atoms with E-state index in [4.69, 9.17) is 0 Å². The highest BCUT2D eigenvalue weighted by atomic mass is 19.1. The average molecular weight is 351 g/mol. The Labute approximate surface area is 152 Å². The van der Waals surface area contributed by atoms with E-state index in [1.807, 2.05) is 0 Å². The Bertz CT molecular complexity index is 869. The van der Waals surface area contributed by atoms with Gasteiger partial charge in [-0.1, -0.05) is 42.0 Å². The second-order valence-corrected chi connectivity index (χ2v) is 7.22. The Morgan fingerprint density at radius 3 is 2.65 bits per heavy atom. The number of nitrogens with zero attached hydrogens (tertiary/aromatic N) is 2. The summed E-state index contributed by atoms with van der Waals surface area (Å²) in [6.07, 6.45) is 1.53. The van der Waals surface area contributed by atoms with Crippen molar-refractivity contribution in [2.24, 2.45) is 4.99 Å². The lowest BCUT2D eigenvalue weighted by Crippen LogP contribution is -2.50. The van der Waals surface area contributed by atoms with Crippen molar-refractivity contribution < 1.29 is 9.18 Å². The third-order valence-electron chi connectivity index (χ3n) is 5.16. The van der Waals surface area contributed by atoms with Gasteiger partial charge in [-0.3, -0.25) is 14.7 Å². The van der Waals surface area contributed by atoms with E-state index in [1.54, 1.807) is 12.1 Å². The number of carbonyl (C=O) groups excluding carboxylic acids is 1. The van der Waals surface area contributed by atoms with Crippen molar-refractivity contribution in [3.63, 3.8) is 0 Å². The fourth-order valence-corrected chi connectivity index (χ4v) is 3.78. The number of aryl methyl sites for hydroxylation is 1. The summed E-state index contributed by atoms with van der Waals surface area (Å²) in [4.78, 5) is 19.5. The zero-order valence-electron chi connectivity index (χ0n) is 14.8. The number of hydrogen-bond donors (Lipinski definition) is 1. The van der Waals surface area contributed by atoms with Gasteiger partial charge in [0.25, 0.3) is 5.91 Å². The van der Waals surface area contributed by atoms with Gasteiger partial charge in [0.15, 0.2) is 0 Å². The van der Waals surface area contributed by atoms with Crippen LogP contribution in [0.15, 0.2) is 53.5 Å². The molecule has 0 bridgehead atoms. The van der Waals surface area contributed by atoms with Gasteiger partial charge < -0.3 is 5.32 Å². The number of halogens is 1. The van der Waals surface area contributed by atoms with E-state index in [9.17, 15) is 9.18 Å². The maximum Gasteiger partial charge on any atom is 0.272 e. The van der Waals surface area contributed by atoms with E-state index in [0.29, 0.717) is 11.3 Å². The smallest absolute Gasteiger partial charge is 0.272 e. The summed E-state index contributed by atoms with van der Waals surface area (Å²) in [5.41, 5.74) is 2.92. The van der Waals surface area contributed by atoms with Crippen molar-refractivity contribution >= 4 is 11.6 Å². The molecular formula is C21H22FN3O. The standard InChI is InChI=1S/C21H22FN3O/c1-15-4-2-5-16(12-15)14-25-10-8-21(9-11-25)23-19(20(26)24-21)17-6-3-7-18(22)13-17/h2-7,12-13H,8-11,14H2,1H3,(H,24,26). The van der Waals surface area contributed by atoms with Gasteiger partial charge in [0.1, 0.15) is 17.2 Å². The summed E-state index contributed by atoms with van der Waals surface area (Å²) in [5.74, 6) is -0.561. The van der Waals surface area contributed by atoms with Crippen molar-refractivity contribution in [2.75, 3.05) is 13.1 Å². The van der Waals surface area contributed by atoms with Crippen molar-refractivity contribution in [3.8, 4) is 0 Å². The number of piperidine rings is 1. The summed E-state index contributed by atoms with van der Waals surface area (Å²) in [6, 6.07) is 14.6. The second kappa shape index (κ2) is 6.65. The molecule has 5 heteroatoms. The number of aliphatic imine (C=N–C) groups is 1. The first-order valence-electron chi connectivity index (χ1n) is 8.99. The van der Waals surface area contributed by atoms with Crippen LogP contribution in [0, 0.1) is 12.7 Å². The molecule has 0 aromatic heterocycles. The number of hydrogen-bond acceptors (Lipinski definition) is 3. The first kappa shape index (κ1) is 16.9. The van der Waals surface area contributed by atoms with Gasteiger partial charge in [0.05, 0.1) is 0 Å². The van der Waals surface area contributed by atoms with Crippen LogP contribution >= 0.6 is 0 Å². The molecule has 4 nitrogen and oxygen atoms in total. The van der Waals surface area contributed by atoms with Crippen LogP contribution in [0.4, 0.5) is 4.39 Å². The highest BCUT2D eigenvalue weighted by molar-refractivity contribution is 6.46. The number of benzene rings is 2. The van der Waals surface area contributed by atoms with E-state index < -0.39 is 5.66 Å². The maximum atomic E-state index is 13.5. The summed E-state index contributed by atoms with van der Waals surface area (Å²) < 4.78 is 13.5. The number of carbonyl (C=O) groups is 1. The summed E-state index contributed by atoms with van der Waals surface area (Å²) in [5, 5.41) is 3.04. The molecule has 26 heavy (non-hydrogen) atoms. The zero-order valence-corrected chi connectivity index (χ0v) is 14.8. The molecule has 2 aromatic carbocycles. The molecule has 1 spiro atoms. The summed E-state index contributed by atoms with van der Waals surface area (Å²) >= 11 is 0. The largest absolute Gasteiger partial charge is 0.326 e. The van der Waals surface area contributed by atoms with Crippen LogP contribution in [0.5, 0.6) is 0 Å². The Hall–Kier alpha value is -2.53. The first-order valence-corrected chi connectivity index (χ1v) is 8.99. The maximum absolute atomic E-state index is 13.5. The van der Waals surface area contributed by atoms with Crippen molar-refractivity contribution in [2.45, 2.75) is 32.0 Å². The monoisotopic (exact) mass is 351 g/mol. The van der Waals surface area contributed by atoms with E-state index >= 15 is 0 Å². The molecule has 2 aliphatic rings.